The van der Waals surface area contributed by atoms with E-state index in [9.17, 15) is 9.18 Å². The predicted molar refractivity (Wildman–Crippen MR) is 91.2 cm³/mol. The Morgan fingerprint density at radius 1 is 1.12 bits per heavy atom. The summed E-state index contributed by atoms with van der Waals surface area (Å²) in [6.45, 7) is 4.41. The number of anilines is 1. The summed E-state index contributed by atoms with van der Waals surface area (Å²) in [6.07, 6.45) is 0. The van der Waals surface area contributed by atoms with Crippen LogP contribution in [0.1, 0.15) is 4.88 Å². The molecule has 1 saturated heterocycles. The second-order valence-corrected chi connectivity index (χ2v) is 6.63. The van der Waals surface area contributed by atoms with E-state index in [1.54, 1.807) is 23.5 Å². The number of amides is 1. The number of nitrogens with zero attached hydrogens (tertiary/aromatic N) is 2. The molecule has 24 heavy (non-hydrogen) atoms. The maximum absolute atomic E-state index is 13.0. The topological polar surface area (TPSA) is 35.6 Å². The molecule has 1 aliphatic heterocycles. The van der Waals surface area contributed by atoms with Crippen LogP contribution < -0.4 is 22.6 Å². The number of thiophene rings is 1. The van der Waals surface area contributed by atoms with Gasteiger partial charge in [-0.1, -0.05) is 6.07 Å². The Labute approximate surface area is 151 Å². The Bertz CT molecular complexity index is 628. The molecule has 0 atom stereocenters. The van der Waals surface area contributed by atoms with Crippen LogP contribution in [0, 0.1) is 5.82 Å². The van der Waals surface area contributed by atoms with Crippen LogP contribution in [0.2, 0.25) is 0 Å². The number of hydrogen-bond donors (Lipinski definition) is 1. The summed E-state index contributed by atoms with van der Waals surface area (Å²) in [5, 5.41) is 4.97. The smallest absolute Gasteiger partial charge is 0.234 e. The molecule has 130 valence electrons. The maximum Gasteiger partial charge on any atom is 0.234 e. The minimum atomic E-state index is -0.213. The number of carbonyl (C=O) groups excluding carboxylic acids is 1. The number of rotatable bonds is 5. The van der Waals surface area contributed by atoms with Crippen LogP contribution >= 0.6 is 11.3 Å². The first-order valence-electron chi connectivity index (χ1n) is 7.73. The fourth-order valence-corrected chi connectivity index (χ4v) is 3.32. The van der Waals surface area contributed by atoms with Crippen molar-refractivity contribution in [2.75, 3.05) is 37.6 Å². The van der Waals surface area contributed by atoms with Gasteiger partial charge < -0.3 is 22.6 Å². The molecule has 1 N–H and O–H groups in total. The predicted octanol–water partition coefficient (Wildman–Crippen LogP) is -0.670. The average Bonchev–Trinajstić information content (AvgIpc) is 3.08. The molecule has 3 rings (SSSR count). The van der Waals surface area contributed by atoms with Crippen molar-refractivity contribution in [1.29, 1.82) is 0 Å². The number of piperazine rings is 1. The molecule has 0 radical (unpaired) electrons. The SMILES string of the molecule is O=C(CN1CCN(c2ccc(F)cc2)CC1)NCc1cccs1.[Cl-]. The summed E-state index contributed by atoms with van der Waals surface area (Å²) in [5.74, 6) is -0.150. The van der Waals surface area contributed by atoms with E-state index in [1.807, 2.05) is 17.5 Å². The maximum atomic E-state index is 13.0. The van der Waals surface area contributed by atoms with Crippen LogP contribution in [-0.2, 0) is 11.3 Å². The molecule has 2 aromatic rings. The Hall–Kier alpha value is -1.63. The lowest BCUT2D eigenvalue weighted by Crippen LogP contribution is -3.00. The molecule has 4 nitrogen and oxygen atoms in total. The quantitative estimate of drug-likeness (QED) is 0.760. The molecule has 0 bridgehead atoms. The second kappa shape index (κ2) is 9.01. The molecule has 1 fully saturated rings. The summed E-state index contributed by atoms with van der Waals surface area (Å²) in [7, 11) is 0. The van der Waals surface area contributed by atoms with Crippen molar-refractivity contribution in [1.82, 2.24) is 10.2 Å². The molecule has 0 saturated carbocycles. The molecule has 0 spiro atoms. The lowest BCUT2D eigenvalue weighted by molar-refractivity contribution is -0.122. The summed E-state index contributed by atoms with van der Waals surface area (Å²) in [6, 6.07) is 10.6. The summed E-state index contributed by atoms with van der Waals surface area (Å²) in [4.78, 5) is 17.5. The van der Waals surface area contributed by atoms with Gasteiger partial charge in [-0.3, -0.25) is 9.69 Å². The molecule has 1 aromatic heterocycles. The number of carbonyl (C=O) groups is 1. The summed E-state index contributed by atoms with van der Waals surface area (Å²) >= 11 is 1.65. The van der Waals surface area contributed by atoms with E-state index in [4.69, 9.17) is 0 Å². The van der Waals surface area contributed by atoms with E-state index in [-0.39, 0.29) is 24.1 Å². The standard InChI is InChI=1S/C17H20FN3OS.ClH/c18-14-3-5-15(6-4-14)21-9-7-20(8-10-21)13-17(22)19-12-16-2-1-11-23-16;/h1-6,11H,7-10,12-13H2,(H,19,22);1H/p-1. The van der Waals surface area contributed by atoms with Crippen molar-refractivity contribution in [2.45, 2.75) is 6.54 Å². The Balaban J connectivity index is 0.00000208. The molecule has 0 unspecified atom stereocenters. The zero-order valence-electron chi connectivity index (χ0n) is 13.3. The second-order valence-electron chi connectivity index (χ2n) is 5.60. The van der Waals surface area contributed by atoms with Gasteiger partial charge in [-0.05, 0) is 35.7 Å². The highest BCUT2D eigenvalue weighted by atomic mass is 35.5. The summed E-state index contributed by atoms with van der Waals surface area (Å²) < 4.78 is 13.0. The largest absolute Gasteiger partial charge is 1.00 e. The molecule has 2 heterocycles. The number of hydrogen-bond acceptors (Lipinski definition) is 4. The van der Waals surface area contributed by atoms with Gasteiger partial charge >= 0.3 is 0 Å². The zero-order chi connectivity index (χ0) is 16.1. The fraction of sp³-hybridized carbons (Fsp3) is 0.353. The van der Waals surface area contributed by atoms with Crippen molar-refractivity contribution in [2.24, 2.45) is 0 Å². The van der Waals surface area contributed by atoms with Gasteiger partial charge in [0.15, 0.2) is 0 Å². The van der Waals surface area contributed by atoms with Crippen LogP contribution in [0.15, 0.2) is 41.8 Å². The first-order valence-corrected chi connectivity index (χ1v) is 8.60. The van der Waals surface area contributed by atoms with Gasteiger partial charge in [0.05, 0.1) is 13.1 Å². The Morgan fingerprint density at radius 3 is 2.46 bits per heavy atom. The monoisotopic (exact) mass is 368 g/mol. The molecule has 1 aliphatic rings. The number of nitrogens with one attached hydrogen (secondary N) is 1. The van der Waals surface area contributed by atoms with E-state index < -0.39 is 0 Å². The Kier molecular flexibility index (Phi) is 7.02. The third-order valence-corrected chi connectivity index (χ3v) is 4.85. The highest BCUT2D eigenvalue weighted by Gasteiger charge is 2.19. The average molecular weight is 369 g/mol. The number of halogens is 2. The summed E-state index contributed by atoms with van der Waals surface area (Å²) in [5.41, 5.74) is 1.04. The lowest BCUT2D eigenvalue weighted by atomic mass is 10.2. The van der Waals surface area contributed by atoms with Gasteiger partial charge in [-0.15, -0.1) is 11.3 Å². The van der Waals surface area contributed by atoms with Crippen LogP contribution in [0.3, 0.4) is 0 Å². The highest BCUT2D eigenvalue weighted by molar-refractivity contribution is 7.09. The van der Waals surface area contributed by atoms with Gasteiger partial charge in [0.2, 0.25) is 5.91 Å². The van der Waals surface area contributed by atoms with Crippen LogP contribution in [-0.4, -0.2) is 43.5 Å². The van der Waals surface area contributed by atoms with Gasteiger partial charge in [-0.2, -0.15) is 0 Å². The molecule has 0 aliphatic carbocycles. The van der Waals surface area contributed by atoms with Gasteiger partial charge in [0.1, 0.15) is 5.82 Å². The molecule has 1 aromatic carbocycles. The van der Waals surface area contributed by atoms with Crippen molar-refractivity contribution >= 4 is 22.9 Å². The zero-order valence-corrected chi connectivity index (χ0v) is 14.8. The van der Waals surface area contributed by atoms with Gasteiger partial charge in [0, 0.05) is 36.7 Å². The van der Waals surface area contributed by atoms with Gasteiger partial charge in [0.25, 0.3) is 0 Å². The normalized spacial score (nSPS) is 15.0. The van der Waals surface area contributed by atoms with Crippen molar-refractivity contribution in [3.63, 3.8) is 0 Å². The fourth-order valence-electron chi connectivity index (χ4n) is 2.67. The minimum Gasteiger partial charge on any atom is -1.00 e. The van der Waals surface area contributed by atoms with Crippen molar-refractivity contribution < 1.29 is 21.6 Å². The van der Waals surface area contributed by atoms with E-state index >= 15 is 0 Å². The Morgan fingerprint density at radius 2 is 1.83 bits per heavy atom. The minimum absolute atomic E-state index is 0. The third kappa shape index (κ3) is 5.19. The van der Waals surface area contributed by atoms with Crippen LogP contribution in [0.5, 0.6) is 0 Å². The first kappa shape index (κ1) is 18.7. The van der Waals surface area contributed by atoms with Crippen LogP contribution in [0.4, 0.5) is 10.1 Å². The van der Waals surface area contributed by atoms with Crippen molar-refractivity contribution in [3.05, 3.63) is 52.5 Å². The third-order valence-electron chi connectivity index (χ3n) is 3.97. The van der Waals surface area contributed by atoms with E-state index in [0.29, 0.717) is 13.1 Å². The van der Waals surface area contributed by atoms with E-state index in [2.05, 4.69) is 15.1 Å². The lowest BCUT2D eigenvalue weighted by Gasteiger charge is -2.35. The van der Waals surface area contributed by atoms with E-state index in [0.717, 1.165) is 31.9 Å². The molecular weight excluding hydrogens is 349 g/mol. The number of benzene rings is 1. The van der Waals surface area contributed by atoms with E-state index in [1.165, 1.54) is 17.0 Å². The van der Waals surface area contributed by atoms with Crippen LogP contribution in [0.25, 0.3) is 0 Å². The first-order chi connectivity index (χ1) is 11.2. The highest BCUT2D eigenvalue weighted by Crippen LogP contribution is 2.16. The molecular formula is C17H20ClFN3OS-. The molecule has 1 amide bonds. The molecule has 7 heteroatoms. The van der Waals surface area contributed by atoms with Crippen molar-refractivity contribution in [3.8, 4) is 0 Å². The van der Waals surface area contributed by atoms with Gasteiger partial charge in [-0.25, -0.2) is 4.39 Å².